The number of halogens is 13. The molecule has 172 valence electrons. The Morgan fingerprint density at radius 2 is 1.17 bits per heavy atom. The van der Waals surface area contributed by atoms with E-state index in [0.717, 1.165) is 6.92 Å². The molecule has 0 aliphatic carbocycles. The van der Waals surface area contributed by atoms with Gasteiger partial charge in [-0.05, 0) is 13.3 Å². The summed E-state index contributed by atoms with van der Waals surface area (Å²) < 4.78 is 170. The Balaban J connectivity index is 6.19. The van der Waals surface area contributed by atoms with Gasteiger partial charge in [-0.2, -0.15) is 57.1 Å². The number of amides is 1. The first-order valence-corrected chi connectivity index (χ1v) is 7.43. The van der Waals surface area contributed by atoms with E-state index in [0.29, 0.717) is 6.92 Å². The highest BCUT2D eigenvalue weighted by atomic mass is 19.4. The zero-order valence-corrected chi connectivity index (χ0v) is 14.5. The van der Waals surface area contributed by atoms with Gasteiger partial charge in [0.1, 0.15) is 0 Å². The number of nitrogens with one attached hydrogen (secondary N) is 1. The van der Waals surface area contributed by atoms with Crippen molar-refractivity contribution in [2.24, 2.45) is 5.92 Å². The molecule has 0 aliphatic heterocycles. The lowest BCUT2D eigenvalue weighted by Gasteiger charge is -2.41. The van der Waals surface area contributed by atoms with Crippen molar-refractivity contribution < 1.29 is 61.9 Å². The van der Waals surface area contributed by atoms with Gasteiger partial charge in [0, 0.05) is 18.0 Å². The molecule has 0 radical (unpaired) electrons. The monoisotopic (exact) mass is 459 g/mol. The van der Waals surface area contributed by atoms with Gasteiger partial charge in [-0.3, -0.25) is 4.79 Å². The second-order valence-corrected chi connectivity index (χ2v) is 6.01. The van der Waals surface area contributed by atoms with E-state index in [9.17, 15) is 61.9 Å². The van der Waals surface area contributed by atoms with E-state index < -0.39 is 60.6 Å². The predicted molar refractivity (Wildman–Crippen MR) is 72.4 cm³/mol. The molecule has 0 saturated heterocycles. The quantitative estimate of drug-likeness (QED) is 0.361. The van der Waals surface area contributed by atoms with Crippen LogP contribution in [0.25, 0.3) is 0 Å². The molecule has 0 spiro atoms. The van der Waals surface area contributed by atoms with E-state index in [1.54, 1.807) is 5.32 Å². The minimum absolute atomic E-state index is 0.350. The number of alkyl halides is 13. The number of carbonyl (C=O) groups excluding carboxylic acids is 1. The van der Waals surface area contributed by atoms with Gasteiger partial charge >= 0.3 is 35.8 Å². The molecule has 0 aliphatic rings. The standard InChI is InChI=1S/C14H14F13NO/c1-4-7(5-28-8(29)6(2)3)9(15,16)10(17,18)11(19,20)12(21,22)13(23,24)14(25,26)27/h7H,2,4-5H2,1,3H3,(H,28,29). The summed E-state index contributed by atoms with van der Waals surface area (Å²) in [6.07, 6.45) is -8.64. The Bertz CT molecular complexity index is 623. The van der Waals surface area contributed by atoms with Crippen LogP contribution in [0.3, 0.4) is 0 Å². The highest BCUT2D eigenvalue weighted by molar-refractivity contribution is 5.92. The van der Waals surface area contributed by atoms with Crippen LogP contribution in [-0.4, -0.2) is 48.2 Å². The molecule has 15 heteroatoms. The van der Waals surface area contributed by atoms with E-state index in [4.69, 9.17) is 0 Å². The molecule has 1 atom stereocenters. The lowest BCUT2D eigenvalue weighted by Crippen LogP contribution is -2.71. The summed E-state index contributed by atoms with van der Waals surface area (Å²) in [4.78, 5) is 11.2. The summed E-state index contributed by atoms with van der Waals surface area (Å²) in [5.74, 6) is -41.4. The summed E-state index contributed by atoms with van der Waals surface area (Å²) in [5.41, 5.74) is -0.350. The second kappa shape index (κ2) is 7.85. The fourth-order valence-electron chi connectivity index (χ4n) is 1.93. The molecule has 29 heavy (non-hydrogen) atoms. The van der Waals surface area contributed by atoms with Crippen LogP contribution in [0.1, 0.15) is 20.3 Å². The van der Waals surface area contributed by atoms with Crippen LogP contribution < -0.4 is 5.32 Å². The third-order valence-corrected chi connectivity index (χ3v) is 3.86. The third-order valence-electron chi connectivity index (χ3n) is 3.86. The van der Waals surface area contributed by atoms with Crippen LogP contribution in [0.4, 0.5) is 57.1 Å². The van der Waals surface area contributed by atoms with Crippen LogP contribution in [0.2, 0.25) is 0 Å². The molecule has 1 unspecified atom stereocenters. The van der Waals surface area contributed by atoms with E-state index >= 15 is 0 Å². The molecule has 1 N–H and O–H groups in total. The molecule has 0 aromatic carbocycles. The van der Waals surface area contributed by atoms with Crippen molar-refractivity contribution in [2.45, 2.75) is 56.1 Å². The Morgan fingerprint density at radius 1 is 0.793 bits per heavy atom. The largest absolute Gasteiger partial charge is 0.460 e. The van der Waals surface area contributed by atoms with Gasteiger partial charge < -0.3 is 5.32 Å². The Morgan fingerprint density at radius 3 is 1.48 bits per heavy atom. The Labute approximate surface area is 155 Å². The maximum atomic E-state index is 14.0. The number of hydrogen-bond acceptors (Lipinski definition) is 1. The zero-order valence-electron chi connectivity index (χ0n) is 14.5. The van der Waals surface area contributed by atoms with Crippen molar-refractivity contribution in [3.8, 4) is 0 Å². The molecule has 0 fully saturated rings. The summed E-state index contributed by atoms with van der Waals surface area (Å²) in [5, 5.41) is 1.54. The fraction of sp³-hybridized carbons (Fsp3) is 0.786. The second-order valence-electron chi connectivity index (χ2n) is 6.01. The first kappa shape index (κ1) is 27.3. The minimum Gasteiger partial charge on any atom is -0.352 e. The molecule has 1 amide bonds. The third kappa shape index (κ3) is 4.27. The normalized spacial score (nSPS) is 15.8. The maximum Gasteiger partial charge on any atom is 0.460 e. The first-order valence-electron chi connectivity index (χ1n) is 7.43. The highest BCUT2D eigenvalue weighted by Gasteiger charge is 2.91. The maximum absolute atomic E-state index is 14.0. The number of carbonyl (C=O) groups is 1. The molecule has 0 rings (SSSR count). The van der Waals surface area contributed by atoms with Gasteiger partial charge in [0.05, 0.1) is 0 Å². The predicted octanol–water partition coefficient (Wildman–Crippen LogP) is 5.44. The number of rotatable bonds is 9. The highest BCUT2D eigenvalue weighted by Crippen LogP contribution is 2.61. The van der Waals surface area contributed by atoms with Crippen molar-refractivity contribution in [3.05, 3.63) is 12.2 Å². The van der Waals surface area contributed by atoms with Crippen LogP contribution in [0.5, 0.6) is 0 Å². The zero-order chi connectivity index (χ0) is 23.9. The van der Waals surface area contributed by atoms with Crippen molar-refractivity contribution in [1.29, 1.82) is 0 Å². The topological polar surface area (TPSA) is 29.1 Å². The lowest BCUT2D eigenvalue weighted by molar-refractivity contribution is -0.443. The van der Waals surface area contributed by atoms with Crippen LogP contribution in [0.15, 0.2) is 12.2 Å². The van der Waals surface area contributed by atoms with Crippen LogP contribution in [-0.2, 0) is 4.79 Å². The van der Waals surface area contributed by atoms with Crippen molar-refractivity contribution in [1.82, 2.24) is 5.32 Å². The van der Waals surface area contributed by atoms with Gasteiger partial charge in [-0.25, -0.2) is 0 Å². The van der Waals surface area contributed by atoms with Gasteiger partial charge in [0.25, 0.3) is 0 Å². The van der Waals surface area contributed by atoms with E-state index in [-0.39, 0.29) is 5.57 Å². The van der Waals surface area contributed by atoms with Crippen LogP contribution in [0, 0.1) is 5.92 Å². The van der Waals surface area contributed by atoms with E-state index in [1.165, 1.54) is 0 Å². The molecule has 0 saturated carbocycles. The van der Waals surface area contributed by atoms with Gasteiger partial charge in [0.15, 0.2) is 0 Å². The summed E-state index contributed by atoms with van der Waals surface area (Å²) in [7, 11) is 0. The first-order chi connectivity index (χ1) is 12.5. The molecular formula is C14H14F13NO. The van der Waals surface area contributed by atoms with Crippen LogP contribution >= 0.6 is 0 Å². The Hall–Kier alpha value is -1.70. The molecule has 2 nitrogen and oxygen atoms in total. The number of hydrogen-bond donors (Lipinski definition) is 1. The molecule has 0 bridgehead atoms. The average molecular weight is 459 g/mol. The van der Waals surface area contributed by atoms with Crippen molar-refractivity contribution in [3.63, 3.8) is 0 Å². The lowest BCUT2D eigenvalue weighted by atomic mass is 9.86. The van der Waals surface area contributed by atoms with Crippen molar-refractivity contribution in [2.75, 3.05) is 6.54 Å². The molecule has 0 aromatic rings. The summed E-state index contributed by atoms with van der Waals surface area (Å²) in [6, 6.07) is 0. The minimum atomic E-state index is -7.94. The SMILES string of the molecule is C=C(C)C(=O)NCC(CC)C(F)(F)C(F)(F)C(F)(F)C(F)(F)C(F)(F)C(F)(F)F. The average Bonchev–Trinajstić information content (AvgIpc) is 2.52. The fourth-order valence-corrected chi connectivity index (χ4v) is 1.93. The van der Waals surface area contributed by atoms with E-state index in [2.05, 4.69) is 6.58 Å². The smallest absolute Gasteiger partial charge is 0.352 e. The summed E-state index contributed by atoms with van der Waals surface area (Å²) in [6.45, 7) is 3.20. The van der Waals surface area contributed by atoms with E-state index in [1.807, 2.05) is 0 Å². The van der Waals surface area contributed by atoms with Gasteiger partial charge in [-0.15, -0.1) is 0 Å². The van der Waals surface area contributed by atoms with Crippen molar-refractivity contribution >= 4 is 5.91 Å². The van der Waals surface area contributed by atoms with Gasteiger partial charge in [0.2, 0.25) is 5.91 Å². The molecule has 0 aromatic heterocycles. The van der Waals surface area contributed by atoms with Gasteiger partial charge in [-0.1, -0.05) is 13.5 Å². The Kier molecular flexibility index (Phi) is 7.39. The molecule has 0 heterocycles. The molecular weight excluding hydrogens is 445 g/mol. The summed E-state index contributed by atoms with van der Waals surface area (Å²) >= 11 is 0.